The van der Waals surface area contributed by atoms with Crippen LogP contribution in [0.1, 0.15) is 113 Å². The van der Waals surface area contributed by atoms with Crippen LogP contribution in [0.2, 0.25) is 0 Å². The average molecular weight is 607 g/mol. The summed E-state index contributed by atoms with van der Waals surface area (Å²) in [4.78, 5) is 43.1. The summed E-state index contributed by atoms with van der Waals surface area (Å²) in [5.74, 6) is 2.57. The van der Waals surface area contributed by atoms with E-state index in [4.69, 9.17) is 9.47 Å². The molecule has 1 N–H and O–H groups in total. The molecule has 4 unspecified atom stereocenters. The number of ether oxygens (including phenoxy) is 2. The van der Waals surface area contributed by atoms with Gasteiger partial charge in [0.2, 0.25) is 5.91 Å². The van der Waals surface area contributed by atoms with Crippen molar-refractivity contribution in [3.63, 3.8) is 0 Å². The smallest absolute Gasteiger partial charge is 0.308 e. The lowest BCUT2D eigenvalue weighted by atomic mass is 9.53. The molecule has 0 bridgehead atoms. The maximum atomic E-state index is 13.2. The van der Waals surface area contributed by atoms with Crippen LogP contribution in [0.25, 0.3) is 0 Å². The van der Waals surface area contributed by atoms with Crippen molar-refractivity contribution >= 4 is 34.3 Å². The van der Waals surface area contributed by atoms with Gasteiger partial charge in [0.15, 0.2) is 5.13 Å². The van der Waals surface area contributed by atoms with Crippen LogP contribution >= 0.6 is 11.3 Å². The zero-order valence-electron chi connectivity index (χ0n) is 25.9. The summed E-state index contributed by atoms with van der Waals surface area (Å²) in [6.45, 7) is 5.79. The Morgan fingerprint density at radius 1 is 1.09 bits per heavy atom. The molecule has 1 heterocycles. The fraction of sp³-hybridized carbons (Fsp3) is 0.657. The van der Waals surface area contributed by atoms with E-state index in [0.29, 0.717) is 53.3 Å². The van der Waals surface area contributed by atoms with Crippen LogP contribution in [0, 0.1) is 36.0 Å². The van der Waals surface area contributed by atoms with E-state index in [9.17, 15) is 14.4 Å². The number of carbonyl (C=O) groups excluding carboxylic acids is 3. The van der Waals surface area contributed by atoms with Crippen molar-refractivity contribution in [3.8, 4) is 5.75 Å². The fourth-order valence-corrected chi connectivity index (χ4v) is 9.93. The van der Waals surface area contributed by atoms with Crippen LogP contribution in [0.4, 0.5) is 5.13 Å². The lowest BCUT2D eigenvalue weighted by molar-refractivity contribution is -0.158. The molecule has 1 aromatic heterocycles. The molecule has 6 rings (SSSR count). The van der Waals surface area contributed by atoms with Crippen LogP contribution in [0.3, 0.4) is 0 Å². The van der Waals surface area contributed by atoms with Crippen molar-refractivity contribution < 1.29 is 23.9 Å². The molecule has 4 aliphatic rings. The van der Waals surface area contributed by atoms with Gasteiger partial charge in [0, 0.05) is 36.3 Å². The van der Waals surface area contributed by atoms with Gasteiger partial charge in [-0.1, -0.05) is 38.7 Å². The van der Waals surface area contributed by atoms with Gasteiger partial charge in [0.25, 0.3) is 0 Å². The molecule has 232 valence electrons. The molecule has 1 aromatic carbocycles. The second-order valence-electron chi connectivity index (χ2n) is 13.9. The van der Waals surface area contributed by atoms with E-state index >= 15 is 0 Å². The molecule has 2 aromatic rings. The summed E-state index contributed by atoms with van der Waals surface area (Å²) >= 11 is 1.50. The van der Waals surface area contributed by atoms with Crippen molar-refractivity contribution in [2.75, 3.05) is 5.32 Å². The number of aryl methyl sites for hydroxylation is 2. The number of hydrogen-bond acceptors (Lipinski definition) is 7. The highest BCUT2D eigenvalue weighted by atomic mass is 32.1. The Morgan fingerprint density at radius 2 is 1.91 bits per heavy atom. The van der Waals surface area contributed by atoms with E-state index in [0.717, 1.165) is 49.8 Å². The number of fused-ring (bicyclic) bond motifs is 5. The van der Waals surface area contributed by atoms with Gasteiger partial charge in [-0.3, -0.25) is 14.4 Å². The van der Waals surface area contributed by atoms with Crippen molar-refractivity contribution in [3.05, 3.63) is 40.4 Å². The molecule has 8 heteroatoms. The molecule has 6 atom stereocenters. The Bertz CT molecular complexity index is 1350. The topological polar surface area (TPSA) is 94.6 Å². The third kappa shape index (κ3) is 6.54. The Morgan fingerprint density at radius 3 is 2.65 bits per heavy atom. The fourth-order valence-electron chi connectivity index (χ4n) is 9.25. The normalized spacial score (nSPS) is 29.8. The predicted octanol–water partition coefficient (Wildman–Crippen LogP) is 7.76. The first-order chi connectivity index (χ1) is 20.7. The maximum Gasteiger partial charge on any atom is 0.308 e. The summed E-state index contributed by atoms with van der Waals surface area (Å²) < 4.78 is 11.8. The predicted molar refractivity (Wildman–Crippen MR) is 167 cm³/mol. The summed E-state index contributed by atoms with van der Waals surface area (Å²) in [5.41, 5.74) is 2.57. The second kappa shape index (κ2) is 12.7. The van der Waals surface area contributed by atoms with Gasteiger partial charge in [-0.15, -0.1) is 11.3 Å². The van der Waals surface area contributed by atoms with Crippen molar-refractivity contribution in [2.45, 2.75) is 116 Å². The maximum absolute atomic E-state index is 13.2. The largest absolute Gasteiger partial charge is 0.462 e. The number of hydrogen-bond donors (Lipinski definition) is 1. The van der Waals surface area contributed by atoms with E-state index in [1.54, 1.807) is 6.20 Å². The number of rotatable bonds is 9. The van der Waals surface area contributed by atoms with Gasteiger partial charge in [0.05, 0.1) is 0 Å². The van der Waals surface area contributed by atoms with Crippen molar-refractivity contribution in [1.82, 2.24) is 4.98 Å². The molecule has 43 heavy (non-hydrogen) atoms. The first kappa shape index (κ1) is 30.3. The minimum Gasteiger partial charge on any atom is -0.462 e. The van der Waals surface area contributed by atoms with Crippen LogP contribution in [-0.4, -0.2) is 28.9 Å². The van der Waals surface area contributed by atoms with Gasteiger partial charge < -0.3 is 14.8 Å². The number of benzene rings is 1. The number of esters is 2. The summed E-state index contributed by atoms with van der Waals surface area (Å²) in [5, 5.41) is 3.65. The molecule has 4 aliphatic carbocycles. The van der Waals surface area contributed by atoms with E-state index in [1.807, 2.05) is 19.1 Å². The Balaban J connectivity index is 1.19. The monoisotopic (exact) mass is 606 g/mol. The summed E-state index contributed by atoms with van der Waals surface area (Å²) in [6.07, 6.45) is 14.3. The number of nitrogens with zero attached hydrogens (tertiary/aromatic N) is 1. The number of thiazole rings is 1. The van der Waals surface area contributed by atoms with Gasteiger partial charge in [0.1, 0.15) is 11.9 Å². The molecule has 1 amide bonds. The van der Waals surface area contributed by atoms with E-state index in [1.165, 1.54) is 55.1 Å². The number of carbonyl (C=O) groups is 3. The second-order valence-corrected chi connectivity index (χ2v) is 15.1. The third-order valence-electron chi connectivity index (χ3n) is 11.1. The van der Waals surface area contributed by atoms with Gasteiger partial charge in [-0.2, -0.15) is 0 Å². The highest BCUT2D eigenvalue weighted by Gasteiger charge is 2.60. The van der Waals surface area contributed by atoms with E-state index < -0.39 is 0 Å². The number of aromatic nitrogens is 1. The van der Waals surface area contributed by atoms with Gasteiger partial charge in [-0.05, 0) is 105 Å². The number of amides is 1. The number of nitrogens with one attached hydrogen (secondary N) is 1. The number of anilines is 1. The van der Waals surface area contributed by atoms with E-state index in [-0.39, 0.29) is 29.4 Å². The standard InChI is InChI=1S/C35H46N2O5S/c1-21-20-36-34(43-21)37-31(39)14-10-25-19-30(42-32(40)15-8-23-6-4-5-7-23)35(3)17-16-28-27-13-11-26(41-22(2)38)18-24(27)9-12-29(28)33(25)35/h11,13,18,20,23,25,28-30,33H,4-10,12,14-17,19H2,1-3H3,(H,36,37,39)/t25-,28?,29?,30?,33?,35-/m1/s1. The zero-order valence-corrected chi connectivity index (χ0v) is 26.7. The molecule has 3 saturated carbocycles. The van der Waals surface area contributed by atoms with Gasteiger partial charge >= 0.3 is 11.9 Å². The van der Waals surface area contributed by atoms with Crippen molar-refractivity contribution in [1.29, 1.82) is 0 Å². The first-order valence-electron chi connectivity index (χ1n) is 16.4. The summed E-state index contributed by atoms with van der Waals surface area (Å²) in [7, 11) is 0. The molecule has 0 spiro atoms. The minimum absolute atomic E-state index is 0.00686. The SMILES string of the molecule is CC(=O)Oc1ccc2c(c1)CCC1C2CC[C@]2(C)C(OC(=O)CCC3CCCC3)C[C@@H](CCC(=O)Nc3ncc(C)s3)C12. The van der Waals surface area contributed by atoms with Gasteiger partial charge in [-0.25, -0.2) is 4.98 Å². The van der Waals surface area contributed by atoms with Crippen LogP contribution in [-0.2, 0) is 25.5 Å². The third-order valence-corrected chi connectivity index (χ3v) is 12.0. The molecular weight excluding hydrogens is 560 g/mol. The van der Waals surface area contributed by atoms with Crippen LogP contribution in [0.15, 0.2) is 24.4 Å². The molecule has 7 nitrogen and oxygen atoms in total. The quantitative estimate of drug-likeness (QED) is 0.232. The summed E-state index contributed by atoms with van der Waals surface area (Å²) in [6, 6.07) is 6.15. The average Bonchev–Trinajstić information content (AvgIpc) is 3.70. The lowest BCUT2D eigenvalue weighted by Gasteiger charge is -2.51. The Labute approximate surface area is 259 Å². The molecule has 0 saturated heterocycles. The molecule has 0 radical (unpaired) electrons. The lowest BCUT2D eigenvalue weighted by Crippen LogP contribution is -2.46. The highest BCUT2D eigenvalue weighted by Crippen LogP contribution is 2.64. The highest BCUT2D eigenvalue weighted by molar-refractivity contribution is 7.15. The van der Waals surface area contributed by atoms with Crippen LogP contribution in [0.5, 0.6) is 5.75 Å². The van der Waals surface area contributed by atoms with Crippen LogP contribution < -0.4 is 10.1 Å². The molecule has 0 aliphatic heterocycles. The first-order valence-corrected chi connectivity index (χ1v) is 17.2. The molecular formula is C35H46N2O5S. The Hall–Kier alpha value is -2.74. The minimum atomic E-state index is -0.297. The Kier molecular flexibility index (Phi) is 8.95. The zero-order chi connectivity index (χ0) is 30.1. The van der Waals surface area contributed by atoms with Crippen molar-refractivity contribution in [2.24, 2.45) is 29.1 Å². The van der Waals surface area contributed by atoms with E-state index in [2.05, 4.69) is 23.3 Å². The molecule has 3 fully saturated rings.